The van der Waals surface area contributed by atoms with Gasteiger partial charge in [0.2, 0.25) is 5.91 Å². The highest BCUT2D eigenvalue weighted by Crippen LogP contribution is 2.23. The molecule has 7 unspecified atom stereocenters. The highest BCUT2D eigenvalue weighted by atomic mass is 16.7. The Hall–Kier alpha value is -2.37. The third-order valence-corrected chi connectivity index (χ3v) is 17.5. The number of carbonyl (C=O) groups is 1. The molecule has 0 bridgehead atoms. The van der Waals surface area contributed by atoms with E-state index < -0.39 is 49.5 Å². The van der Waals surface area contributed by atoms with Gasteiger partial charge in [0.25, 0.3) is 0 Å². The van der Waals surface area contributed by atoms with Crippen molar-refractivity contribution in [3.05, 3.63) is 72.9 Å². The summed E-state index contributed by atoms with van der Waals surface area (Å²) in [6.07, 6.45) is 86.0. The number of amides is 1. The van der Waals surface area contributed by atoms with E-state index in [-0.39, 0.29) is 12.5 Å². The van der Waals surface area contributed by atoms with Crippen LogP contribution in [0.25, 0.3) is 0 Å². The predicted octanol–water partition coefficient (Wildman–Crippen LogP) is 20.7. The van der Waals surface area contributed by atoms with Crippen molar-refractivity contribution in [1.82, 2.24) is 5.32 Å². The monoisotopic (exact) mass is 1210 g/mol. The minimum Gasteiger partial charge on any atom is -0.394 e. The van der Waals surface area contributed by atoms with E-state index in [0.29, 0.717) is 6.42 Å². The summed E-state index contributed by atoms with van der Waals surface area (Å²) in [6.45, 7) is 3.70. The van der Waals surface area contributed by atoms with Crippen molar-refractivity contribution in [2.75, 3.05) is 13.2 Å². The second-order valence-electron chi connectivity index (χ2n) is 25.7. The smallest absolute Gasteiger partial charge is 0.220 e. The highest BCUT2D eigenvalue weighted by Gasteiger charge is 2.44. The molecule has 0 aromatic rings. The molecule has 0 radical (unpaired) electrons. The zero-order valence-electron chi connectivity index (χ0n) is 56.3. The zero-order valence-corrected chi connectivity index (χ0v) is 56.3. The van der Waals surface area contributed by atoms with Crippen molar-refractivity contribution in [3.8, 4) is 0 Å². The maximum Gasteiger partial charge on any atom is 0.220 e. The molecule has 1 saturated heterocycles. The maximum atomic E-state index is 13.1. The number of hydrogen-bond acceptors (Lipinski definition) is 8. The molecule has 1 fully saturated rings. The first-order chi connectivity index (χ1) is 42.3. The summed E-state index contributed by atoms with van der Waals surface area (Å²) < 4.78 is 11.3. The van der Waals surface area contributed by atoms with Gasteiger partial charge in [0.15, 0.2) is 6.29 Å². The van der Waals surface area contributed by atoms with Crippen LogP contribution in [0.5, 0.6) is 0 Å². The Morgan fingerprint density at radius 2 is 0.733 bits per heavy atom. The zero-order chi connectivity index (χ0) is 62.1. The van der Waals surface area contributed by atoms with E-state index in [1.165, 1.54) is 270 Å². The lowest BCUT2D eigenvalue weighted by Gasteiger charge is -2.40. The first kappa shape index (κ1) is 81.6. The normalized spacial score (nSPS) is 18.4. The molecule has 0 aromatic heterocycles. The highest BCUT2D eigenvalue weighted by molar-refractivity contribution is 5.76. The number of ether oxygens (including phenoxy) is 2. The Balaban J connectivity index is 2.11. The average molecular weight is 1210 g/mol. The van der Waals surface area contributed by atoms with Gasteiger partial charge in [-0.3, -0.25) is 4.79 Å². The fourth-order valence-corrected chi connectivity index (χ4v) is 11.8. The molecule has 1 aliphatic rings. The van der Waals surface area contributed by atoms with Crippen LogP contribution in [0, 0.1) is 0 Å². The molecule has 7 atom stereocenters. The lowest BCUT2D eigenvalue weighted by molar-refractivity contribution is -0.302. The van der Waals surface area contributed by atoms with Crippen molar-refractivity contribution in [1.29, 1.82) is 0 Å². The van der Waals surface area contributed by atoms with Gasteiger partial charge < -0.3 is 40.3 Å². The van der Waals surface area contributed by atoms with Gasteiger partial charge in [-0.1, -0.05) is 350 Å². The molecule has 1 aliphatic heterocycles. The molecule has 1 amide bonds. The summed E-state index contributed by atoms with van der Waals surface area (Å²) in [5.41, 5.74) is 0. The van der Waals surface area contributed by atoms with Gasteiger partial charge in [0.1, 0.15) is 24.4 Å². The van der Waals surface area contributed by atoms with Crippen molar-refractivity contribution in [3.63, 3.8) is 0 Å². The Kier molecular flexibility index (Phi) is 62.3. The molecule has 1 heterocycles. The second-order valence-corrected chi connectivity index (χ2v) is 25.7. The largest absolute Gasteiger partial charge is 0.394 e. The molecule has 86 heavy (non-hydrogen) atoms. The number of hydrogen-bond donors (Lipinski definition) is 6. The van der Waals surface area contributed by atoms with Gasteiger partial charge in [-0.2, -0.15) is 0 Å². The number of carbonyl (C=O) groups excluding carboxylic acids is 1. The predicted molar refractivity (Wildman–Crippen MR) is 369 cm³/mol. The van der Waals surface area contributed by atoms with E-state index in [0.717, 1.165) is 64.2 Å². The standard InChI is InChI=1S/C77H141NO8/c1-3-5-7-9-11-13-15-17-19-21-23-25-27-29-31-33-34-35-36-37-38-39-41-43-45-47-49-51-53-55-57-59-61-63-65-67-73(81)78-70(69-85-77-76(84)75(83)74(82)72(68-79)86-77)71(80)66-64-62-60-58-56-54-52-50-48-46-44-42-40-32-30-28-26-24-22-20-18-16-14-12-10-8-6-4-2/h5,7,11,13,17,19,23,25,56,58,64,66,70-72,74-77,79-80,82-84H,3-4,6,8-10,12,14-16,18,20-22,24,26-55,57,59-63,65,67-69H2,1-2H3,(H,78,81)/b7-5-,13-11-,19-17-,25-23-,58-56+,66-64+. The van der Waals surface area contributed by atoms with Crippen LogP contribution in [-0.4, -0.2) is 87.5 Å². The topological polar surface area (TPSA) is 149 Å². The van der Waals surface area contributed by atoms with Gasteiger partial charge in [-0.25, -0.2) is 0 Å². The van der Waals surface area contributed by atoms with Crippen LogP contribution in [0.4, 0.5) is 0 Å². The van der Waals surface area contributed by atoms with Crippen LogP contribution in [0.1, 0.15) is 354 Å². The van der Waals surface area contributed by atoms with E-state index >= 15 is 0 Å². The van der Waals surface area contributed by atoms with E-state index in [9.17, 15) is 30.3 Å². The number of aliphatic hydroxyl groups is 5. The molecule has 0 spiro atoms. The van der Waals surface area contributed by atoms with Crippen LogP contribution in [0.15, 0.2) is 72.9 Å². The summed E-state index contributed by atoms with van der Waals surface area (Å²) in [5.74, 6) is -0.181. The van der Waals surface area contributed by atoms with Crippen LogP contribution < -0.4 is 5.32 Å². The maximum absolute atomic E-state index is 13.1. The molecule has 0 aromatic carbocycles. The third-order valence-electron chi connectivity index (χ3n) is 17.5. The SMILES string of the molecule is CC/C=C\C/C=C\C/C=C\C/C=C\CCCCCCCCCCCCCCCCCCCCCCCCC(=O)NC(COC1OC(CO)C(O)C(O)C1O)C(O)/C=C/CC/C=C/CCCCCCCCCCCCCCCCCCCCCCCC. The molecular weight excluding hydrogens is 1070 g/mol. The number of rotatable bonds is 65. The fraction of sp³-hybridized carbons (Fsp3) is 0.831. The Morgan fingerprint density at radius 1 is 0.407 bits per heavy atom. The second kappa shape index (κ2) is 65.6. The quantitative estimate of drug-likeness (QED) is 0.0261. The first-order valence-electron chi connectivity index (χ1n) is 37.2. The lowest BCUT2D eigenvalue weighted by Crippen LogP contribution is -2.60. The van der Waals surface area contributed by atoms with Gasteiger partial charge in [0.05, 0.1) is 25.4 Å². The molecule has 0 aliphatic carbocycles. The summed E-state index contributed by atoms with van der Waals surface area (Å²) in [4.78, 5) is 13.1. The molecule has 1 rings (SSSR count). The van der Waals surface area contributed by atoms with Gasteiger partial charge >= 0.3 is 0 Å². The van der Waals surface area contributed by atoms with Gasteiger partial charge in [0, 0.05) is 6.42 Å². The fourth-order valence-electron chi connectivity index (χ4n) is 11.8. The molecule has 9 nitrogen and oxygen atoms in total. The van der Waals surface area contributed by atoms with Crippen LogP contribution in [0.3, 0.4) is 0 Å². The van der Waals surface area contributed by atoms with Crippen molar-refractivity contribution in [2.24, 2.45) is 0 Å². The summed E-state index contributed by atoms with van der Waals surface area (Å²) in [6, 6.07) is -0.825. The first-order valence-corrected chi connectivity index (χ1v) is 37.2. The molecule has 9 heteroatoms. The van der Waals surface area contributed by atoms with Crippen molar-refractivity contribution in [2.45, 2.75) is 397 Å². The van der Waals surface area contributed by atoms with Crippen LogP contribution in [0.2, 0.25) is 0 Å². The van der Waals surface area contributed by atoms with Crippen LogP contribution in [-0.2, 0) is 14.3 Å². The molecule has 6 N–H and O–H groups in total. The molecule has 502 valence electrons. The Morgan fingerprint density at radius 3 is 1.12 bits per heavy atom. The van der Waals surface area contributed by atoms with Crippen molar-refractivity contribution >= 4 is 5.91 Å². The summed E-state index contributed by atoms with van der Waals surface area (Å²) >= 11 is 0. The lowest BCUT2D eigenvalue weighted by atomic mass is 9.99. The van der Waals surface area contributed by atoms with Gasteiger partial charge in [-0.15, -0.1) is 0 Å². The van der Waals surface area contributed by atoms with Crippen LogP contribution >= 0.6 is 0 Å². The van der Waals surface area contributed by atoms with Gasteiger partial charge in [-0.05, 0) is 70.6 Å². The Labute approximate surface area is 531 Å². The minimum atomic E-state index is -1.57. The van der Waals surface area contributed by atoms with E-state index in [1.54, 1.807) is 6.08 Å². The number of nitrogens with one attached hydrogen (secondary N) is 1. The minimum absolute atomic E-state index is 0.181. The van der Waals surface area contributed by atoms with E-state index in [4.69, 9.17) is 9.47 Å². The number of aliphatic hydroxyl groups excluding tert-OH is 5. The Bertz CT molecular complexity index is 1590. The van der Waals surface area contributed by atoms with E-state index in [2.05, 4.69) is 79.9 Å². The molecule has 0 saturated carbocycles. The third kappa shape index (κ3) is 53.5. The van der Waals surface area contributed by atoms with Crippen molar-refractivity contribution < 1.29 is 39.8 Å². The summed E-state index contributed by atoms with van der Waals surface area (Å²) in [7, 11) is 0. The molecular formula is C77H141NO8. The van der Waals surface area contributed by atoms with E-state index in [1.807, 2.05) is 6.08 Å². The average Bonchev–Trinajstić information content (AvgIpc) is 3.65. The number of unbranched alkanes of at least 4 members (excludes halogenated alkanes) is 45. The number of allylic oxidation sites excluding steroid dienone is 11. The summed E-state index contributed by atoms with van der Waals surface area (Å²) in [5, 5.41) is 54.8.